The van der Waals surface area contributed by atoms with Gasteiger partial charge in [-0.05, 0) is 42.0 Å². The summed E-state index contributed by atoms with van der Waals surface area (Å²) < 4.78 is 10.6. The van der Waals surface area contributed by atoms with E-state index in [0.717, 1.165) is 10.8 Å². The molecule has 3 aromatic carbocycles. The third kappa shape index (κ3) is 3.94. The number of hydrogen-bond acceptors (Lipinski definition) is 5. The summed E-state index contributed by atoms with van der Waals surface area (Å²) >= 11 is 0. The molecular formula is C22H18N2O4. The van der Waals surface area contributed by atoms with Crippen LogP contribution in [0.25, 0.3) is 10.8 Å². The molecule has 3 rings (SSSR count). The Balaban J connectivity index is 1.78. The van der Waals surface area contributed by atoms with Gasteiger partial charge < -0.3 is 14.8 Å². The lowest BCUT2D eigenvalue weighted by atomic mass is 10.1. The zero-order valence-electron chi connectivity index (χ0n) is 15.4. The first kappa shape index (κ1) is 18.9. The average Bonchev–Trinajstić information content (AvgIpc) is 2.72. The summed E-state index contributed by atoms with van der Waals surface area (Å²) in [7, 11) is 1.47. The van der Waals surface area contributed by atoms with E-state index >= 15 is 0 Å². The SMILES string of the molecule is COc1cc2ccccc2cc1C(=O)O[C@@H](C)C(=O)Nc1ccccc1C#N. The maximum absolute atomic E-state index is 12.6. The van der Waals surface area contributed by atoms with E-state index in [1.165, 1.54) is 14.0 Å². The number of ether oxygens (including phenoxy) is 2. The number of fused-ring (bicyclic) bond motifs is 1. The molecule has 6 heteroatoms. The van der Waals surface area contributed by atoms with Gasteiger partial charge in [0.2, 0.25) is 0 Å². The molecule has 140 valence electrons. The monoisotopic (exact) mass is 374 g/mol. The Kier molecular flexibility index (Phi) is 5.56. The van der Waals surface area contributed by atoms with E-state index in [0.29, 0.717) is 17.0 Å². The van der Waals surface area contributed by atoms with Crippen molar-refractivity contribution in [1.82, 2.24) is 0 Å². The number of nitriles is 1. The zero-order valence-corrected chi connectivity index (χ0v) is 15.4. The third-order valence-electron chi connectivity index (χ3n) is 4.25. The minimum Gasteiger partial charge on any atom is -0.496 e. The number of carbonyl (C=O) groups excluding carboxylic acids is 2. The number of esters is 1. The van der Waals surface area contributed by atoms with E-state index in [2.05, 4.69) is 5.32 Å². The van der Waals surface area contributed by atoms with Crippen molar-refractivity contribution >= 4 is 28.3 Å². The van der Waals surface area contributed by atoms with E-state index in [4.69, 9.17) is 14.7 Å². The van der Waals surface area contributed by atoms with Gasteiger partial charge in [0, 0.05) is 0 Å². The van der Waals surface area contributed by atoms with Gasteiger partial charge in [-0.3, -0.25) is 4.79 Å². The quantitative estimate of drug-likeness (QED) is 0.684. The number of methoxy groups -OCH3 is 1. The van der Waals surface area contributed by atoms with Crippen LogP contribution in [0, 0.1) is 11.3 Å². The first-order chi connectivity index (χ1) is 13.5. The van der Waals surface area contributed by atoms with Crippen LogP contribution in [0.4, 0.5) is 5.69 Å². The fourth-order valence-electron chi connectivity index (χ4n) is 2.75. The number of amides is 1. The molecule has 0 radical (unpaired) electrons. The Morgan fingerprint density at radius 3 is 2.36 bits per heavy atom. The molecule has 0 heterocycles. The van der Waals surface area contributed by atoms with Crippen molar-refractivity contribution in [3.63, 3.8) is 0 Å². The predicted octanol–water partition coefficient (Wildman–Crippen LogP) is 3.90. The molecule has 1 atom stereocenters. The molecular weight excluding hydrogens is 356 g/mol. The molecule has 0 saturated heterocycles. The zero-order chi connectivity index (χ0) is 20.1. The molecule has 0 saturated carbocycles. The number of nitrogens with one attached hydrogen (secondary N) is 1. The largest absolute Gasteiger partial charge is 0.496 e. The van der Waals surface area contributed by atoms with Crippen molar-refractivity contribution in [2.75, 3.05) is 12.4 Å². The van der Waals surface area contributed by atoms with Gasteiger partial charge in [-0.15, -0.1) is 0 Å². The van der Waals surface area contributed by atoms with E-state index in [1.807, 2.05) is 30.3 Å². The Morgan fingerprint density at radius 2 is 1.68 bits per heavy atom. The van der Waals surface area contributed by atoms with E-state index in [-0.39, 0.29) is 5.56 Å². The van der Waals surface area contributed by atoms with Crippen molar-refractivity contribution < 1.29 is 19.1 Å². The van der Waals surface area contributed by atoms with Crippen LogP contribution in [-0.2, 0) is 9.53 Å². The van der Waals surface area contributed by atoms with Crippen LogP contribution < -0.4 is 10.1 Å². The molecule has 0 spiro atoms. The standard InChI is InChI=1S/C22H18N2O4/c1-14(21(25)24-19-10-6-5-9-17(19)13-23)28-22(26)18-11-15-7-3-4-8-16(15)12-20(18)27-2/h3-12,14H,1-2H3,(H,24,25)/t14-/m0/s1. The van der Waals surface area contributed by atoms with Gasteiger partial charge in [0.05, 0.1) is 18.4 Å². The number of nitrogens with zero attached hydrogens (tertiary/aromatic N) is 1. The van der Waals surface area contributed by atoms with Crippen LogP contribution >= 0.6 is 0 Å². The maximum Gasteiger partial charge on any atom is 0.342 e. The van der Waals surface area contributed by atoms with Crippen LogP contribution in [0.2, 0.25) is 0 Å². The molecule has 0 aliphatic rings. The van der Waals surface area contributed by atoms with Crippen molar-refractivity contribution in [2.45, 2.75) is 13.0 Å². The van der Waals surface area contributed by atoms with Crippen LogP contribution in [0.5, 0.6) is 5.75 Å². The highest BCUT2D eigenvalue weighted by atomic mass is 16.5. The molecule has 0 bridgehead atoms. The van der Waals surface area contributed by atoms with Crippen molar-refractivity contribution in [1.29, 1.82) is 5.26 Å². The van der Waals surface area contributed by atoms with Gasteiger partial charge in [0.1, 0.15) is 17.4 Å². The Morgan fingerprint density at radius 1 is 1.04 bits per heavy atom. The third-order valence-corrected chi connectivity index (χ3v) is 4.25. The summed E-state index contributed by atoms with van der Waals surface area (Å²) in [5, 5.41) is 13.5. The highest BCUT2D eigenvalue weighted by Gasteiger charge is 2.22. The summed E-state index contributed by atoms with van der Waals surface area (Å²) in [5.74, 6) is -0.833. The lowest BCUT2D eigenvalue weighted by Crippen LogP contribution is -2.30. The summed E-state index contributed by atoms with van der Waals surface area (Å²) in [6.45, 7) is 1.47. The minimum atomic E-state index is -1.06. The second-order valence-electron chi connectivity index (χ2n) is 6.09. The number of benzene rings is 3. The number of hydrogen-bond donors (Lipinski definition) is 1. The molecule has 0 fully saturated rings. The molecule has 0 unspecified atom stereocenters. The first-order valence-electron chi connectivity index (χ1n) is 8.61. The van der Waals surface area contributed by atoms with Gasteiger partial charge in [0.25, 0.3) is 5.91 Å². The summed E-state index contributed by atoms with van der Waals surface area (Å²) in [5.41, 5.74) is 0.921. The van der Waals surface area contributed by atoms with E-state index < -0.39 is 18.0 Å². The van der Waals surface area contributed by atoms with Gasteiger partial charge in [-0.2, -0.15) is 5.26 Å². The second-order valence-corrected chi connectivity index (χ2v) is 6.09. The van der Waals surface area contributed by atoms with Crippen LogP contribution in [0.15, 0.2) is 60.7 Å². The topological polar surface area (TPSA) is 88.4 Å². The molecule has 0 aromatic heterocycles. The number of para-hydroxylation sites is 1. The molecule has 0 aliphatic carbocycles. The number of anilines is 1. The van der Waals surface area contributed by atoms with Crippen LogP contribution in [-0.4, -0.2) is 25.1 Å². The van der Waals surface area contributed by atoms with Crippen LogP contribution in [0.3, 0.4) is 0 Å². The maximum atomic E-state index is 12.6. The Hall–Kier alpha value is -3.85. The Bertz CT molecular complexity index is 1090. The fourth-order valence-corrected chi connectivity index (χ4v) is 2.75. The summed E-state index contributed by atoms with van der Waals surface area (Å²) in [6, 6.07) is 19.6. The molecule has 0 aliphatic heterocycles. The molecule has 6 nitrogen and oxygen atoms in total. The first-order valence-corrected chi connectivity index (χ1v) is 8.61. The summed E-state index contributed by atoms with van der Waals surface area (Å²) in [6.07, 6.45) is -1.06. The predicted molar refractivity (Wildman–Crippen MR) is 105 cm³/mol. The second kappa shape index (κ2) is 8.23. The molecule has 28 heavy (non-hydrogen) atoms. The van der Waals surface area contributed by atoms with Gasteiger partial charge in [-0.25, -0.2) is 4.79 Å². The minimum absolute atomic E-state index is 0.235. The molecule has 1 amide bonds. The Labute approximate surface area is 162 Å². The van der Waals surface area contributed by atoms with Gasteiger partial charge in [-0.1, -0.05) is 36.4 Å². The lowest BCUT2D eigenvalue weighted by molar-refractivity contribution is -0.123. The number of rotatable bonds is 5. The smallest absolute Gasteiger partial charge is 0.342 e. The van der Waals surface area contributed by atoms with Gasteiger partial charge >= 0.3 is 5.97 Å². The number of carbonyl (C=O) groups is 2. The fraction of sp³-hybridized carbons (Fsp3) is 0.136. The molecule has 1 N–H and O–H groups in total. The van der Waals surface area contributed by atoms with Crippen molar-refractivity contribution in [3.05, 3.63) is 71.8 Å². The summed E-state index contributed by atoms with van der Waals surface area (Å²) in [4.78, 5) is 25.0. The average molecular weight is 374 g/mol. The van der Waals surface area contributed by atoms with Crippen molar-refractivity contribution in [3.8, 4) is 11.8 Å². The van der Waals surface area contributed by atoms with E-state index in [9.17, 15) is 9.59 Å². The normalized spacial score (nSPS) is 11.3. The van der Waals surface area contributed by atoms with Crippen molar-refractivity contribution in [2.24, 2.45) is 0 Å². The highest BCUT2D eigenvalue weighted by Crippen LogP contribution is 2.27. The van der Waals surface area contributed by atoms with E-state index in [1.54, 1.807) is 36.4 Å². The van der Waals surface area contributed by atoms with Crippen LogP contribution in [0.1, 0.15) is 22.8 Å². The lowest BCUT2D eigenvalue weighted by Gasteiger charge is -2.15. The molecule has 3 aromatic rings. The van der Waals surface area contributed by atoms with Gasteiger partial charge in [0.15, 0.2) is 6.10 Å². The highest BCUT2D eigenvalue weighted by molar-refractivity contribution is 6.01.